The van der Waals surface area contributed by atoms with Crippen molar-refractivity contribution in [3.63, 3.8) is 0 Å². The Morgan fingerprint density at radius 3 is 2.71 bits per heavy atom. The molecule has 0 aromatic heterocycles. The van der Waals surface area contributed by atoms with Crippen LogP contribution >= 0.6 is 22.6 Å². The zero-order valence-corrected chi connectivity index (χ0v) is 14.8. The van der Waals surface area contributed by atoms with Crippen molar-refractivity contribution in [2.45, 2.75) is 25.8 Å². The maximum Gasteiger partial charge on any atom is 0.119 e. The first kappa shape index (κ1) is 16.3. The highest BCUT2D eigenvalue weighted by molar-refractivity contribution is 14.1. The van der Waals surface area contributed by atoms with E-state index in [9.17, 15) is 0 Å². The van der Waals surface area contributed by atoms with Crippen LogP contribution in [0.5, 0.6) is 5.75 Å². The Morgan fingerprint density at radius 2 is 1.95 bits per heavy atom. The minimum atomic E-state index is 0.343. The van der Waals surface area contributed by atoms with Gasteiger partial charge < -0.3 is 10.1 Å². The van der Waals surface area contributed by atoms with Crippen molar-refractivity contribution in [2.24, 2.45) is 0 Å². The van der Waals surface area contributed by atoms with Gasteiger partial charge >= 0.3 is 0 Å². The smallest absolute Gasteiger partial charge is 0.119 e. The number of methoxy groups -OCH3 is 1. The van der Waals surface area contributed by atoms with Crippen molar-refractivity contribution in [3.05, 3.63) is 63.2 Å². The van der Waals surface area contributed by atoms with Crippen LogP contribution in [0.15, 0.2) is 48.5 Å². The lowest BCUT2D eigenvalue weighted by Gasteiger charge is -2.15. The molecule has 0 heterocycles. The first-order valence-electron chi connectivity index (χ1n) is 7.31. The van der Waals surface area contributed by atoms with Gasteiger partial charge in [-0.1, -0.05) is 30.3 Å². The molecule has 0 saturated heterocycles. The summed E-state index contributed by atoms with van der Waals surface area (Å²) in [7, 11) is 1.71. The van der Waals surface area contributed by atoms with E-state index in [1.807, 2.05) is 12.1 Å². The van der Waals surface area contributed by atoms with Gasteiger partial charge in [-0.3, -0.25) is 0 Å². The van der Waals surface area contributed by atoms with E-state index in [-0.39, 0.29) is 0 Å². The third kappa shape index (κ3) is 5.00. The molecule has 0 amide bonds. The molecule has 2 rings (SSSR count). The quantitative estimate of drug-likeness (QED) is 0.547. The summed E-state index contributed by atoms with van der Waals surface area (Å²) >= 11 is 2.41. The fourth-order valence-corrected chi connectivity index (χ4v) is 2.98. The summed E-state index contributed by atoms with van der Waals surface area (Å²) in [4.78, 5) is 0. The number of rotatable bonds is 7. The van der Waals surface area contributed by atoms with E-state index < -0.39 is 0 Å². The van der Waals surface area contributed by atoms with Gasteiger partial charge in [0.05, 0.1) is 7.11 Å². The summed E-state index contributed by atoms with van der Waals surface area (Å²) in [5, 5.41) is 3.58. The molecule has 0 aliphatic heterocycles. The standard InChI is InChI=1S/C18H22INO/c1-14(16-8-5-10-17(13-16)21-2)20-12-6-9-15-7-3-4-11-18(15)19/h3-5,7-8,10-11,13-14,20H,6,9,12H2,1-2H3/t14-/m1/s1. The Labute approximate surface area is 141 Å². The number of hydrogen-bond donors (Lipinski definition) is 1. The molecule has 1 N–H and O–H groups in total. The van der Waals surface area contributed by atoms with Crippen molar-refractivity contribution in [1.29, 1.82) is 0 Å². The van der Waals surface area contributed by atoms with Crippen LogP contribution in [0.3, 0.4) is 0 Å². The summed E-state index contributed by atoms with van der Waals surface area (Å²) in [5.41, 5.74) is 2.71. The highest BCUT2D eigenvalue weighted by Crippen LogP contribution is 2.19. The van der Waals surface area contributed by atoms with Crippen molar-refractivity contribution >= 4 is 22.6 Å². The van der Waals surface area contributed by atoms with Gasteiger partial charge in [0.1, 0.15) is 5.75 Å². The fourth-order valence-electron chi connectivity index (χ4n) is 2.33. The first-order chi connectivity index (χ1) is 10.2. The molecule has 0 radical (unpaired) electrons. The molecule has 0 saturated carbocycles. The fraction of sp³-hybridized carbons (Fsp3) is 0.333. The highest BCUT2D eigenvalue weighted by atomic mass is 127. The molecule has 112 valence electrons. The number of halogens is 1. The Bertz CT molecular complexity index is 571. The Morgan fingerprint density at radius 1 is 1.14 bits per heavy atom. The summed E-state index contributed by atoms with van der Waals surface area (Å²) in [5.74, 6) is 0.917. The molecule has 3 heteroatoms. The third-order valence-electron chi connectivity index (χ3n) is 3.63. The monoisotopic (exact) mass is 395 g/mol. The van der Waals surface area contributed by atoms with Gasteiger partial charge in [-0.25, -0.2) is 0 Å². The Balaban J connectivity index is 1.79. The number of hydrogen-bond acceptors (Lipinski definition) is 2. The van der Waals surface area contributed by atoms with Crippen LogP contribution in [-0.2, 0) is 6.42 Å². The lowest BCUT2D eigenvalue weighted by molar-refractivity contribution is 0.413. The van der Waals surface area contributed by atoms with Crippen molar-refractivity contribution < 1.29 is 4.74 Å². The molecule has 0 spiro atoms. The molecule has 2 aromatic carbocycles. The van der Waals surface area contributed by atoms with E-state index in [0.717, 1.165) is 25.1 Å². The summed E-state index contributed by atoms with van der Waals surface area (Å²) < 4.78 is 6.63. The van der Waals surface area contributed by atoms with Gasteiger partial charge in [-0.05, 0) is 78.2 Å². The second-order valence-electron chi connectivity index (χ2n) is 5.15. The van der Waals surface area contributed by atoms with Crippen LogP contribution in [0, 0.1) is 3.57 Å². The largest absolute Gasteiger partial charge is 0.497 e. The summed E-state index contributed by atoms with van der Waals surface area (Å²) in [6.07, 6.45) is 2.27. The van der Waals surface area contributed by atoms with Crippen LogP contribution in [0.4, 0.5) is 0 Å². The minimum absolute atomic E-state index is 0.343. The minimum Gasteiger partial charge on any atom is -0.497 e. The van der Waals surface area contributed by atoms with E-state index >= 15 is 0 Å². The molecule has 0 unspecified atom stereocenters. The van der Waals surface area contributed by atoms with E-state index in [1.54, 1.807) is 7.11 Å². The third-order valence-corrected chi connectivity index (χ3v) is 4.68. The molecule has 0 bridgehead atoms. The Kier molecular flexibility index (Phi) is 6.51. The molecule has 0 aliphatic carbocycles. The SMILES string of the molecule is COc1cccc([C@@H](C)NCCCc2ccccc2I)c1. The van der Waals surface area contributed by atoms with E-state index in [4.69, 9.17) is 4.74 Å². The molecule has 0 fully saturated rings. The summed E-state index contributed by atoms with van der Waals surface area (Å²) in [6.45, 7) is 3.21. The van der Waals surface area contributed by atoms with E-state index in [0.29, 0.717) is 6.04 Å². The molecule has 21 heavy (non-hydrogen) atoms. The van der Waals surface area contributed by atoms with Crippen LogP contribution in [0.2, 0.25) is 0 Å². The molecule has 2 nitrogen and oxygen atoms in total. The van der Waals surface area contributed by atoms with Gasteiger partial charge in [0, 0.05) is 9.61 Å². The zero-order valence-electron chi connectivity index (χ0n) is 12.6. The number of nitrogens with one attached hydrogen (secondary N) is 1. The average Bonchev–Trinajstić information content (AvgIpc) is 2.53. The van der Waals surface area contributed by atoms with Gasteiger partial charge in [0.2, 0.25) is 0 Å². The van der Waals surface area contributed by atoms with Crippen molar-refractivity contribution in [2.75, 3.05) is 13.7 Å². The maximum atomic E-state index is 5.27. The van der Waals surface area contributed by atoms with Gasteiger partial charge in [-0.2, -0.15) is 0 Å². The van der Waals surface area contributed by atoms with Gasteiger partial charge in [0.15, 0.2) is 0 Å². The first-order valence-corrected chi connectivity index (χ1v) is 8.39. The molecular weight excluding hydrogens is 373 g/mol. The predicted molar refractivity (Wildman–Crippen MR) is 96.9 cm³/mol. The van der Waals surface area contributed by atoms with Crippen LogP contribution in [0.25, 0.3) is 0 Å². The van der Waals surface area contributed by atoms with E-state index in [1.165, 1.54) is 14.7 Å². The highest BCUT2D eigenvalue weighted by Gasteiger charge is 2.05. The maximum absolute atomic E-state index is 5.27. The van der Waals surface area contributed by atoms with Crippen LogP contribution in [-0.4, -0.2) is 13.7 Å². The van der Waals surface area contributed by atoms with Crippen LogP contribution < -0.4 is 10.1 Å². The van der Waals surface area contributed by atoms with E-state index in [2.05, 4.69) is 71.2 Å². The number of ether oxygens (including phenoxy) is 1. The molecule has 2 aromatic rings. The van der Waals surface area contributed by atoms with Crippen molar-refractivity contribution in [3.8, 4) is 5.75 Å². The second-order valence-corrected chi connectivity index (χ2v) is 6.31. The molecule has 1 atom stereocenters. The lowest BCUT2D eigenvalue weighted by atomic mass is 10.1. The Hall–Kier alpha value is -1.07. The zero-order chi connectivity index (χ0) is 15.1. The van der Waals surface area contributed by atoms with Gasteiger partial charge in [0.25, 0.3) is 0 Å². The topological polar surface area (TPSA) is 21.3 Å². The normalized spacial score (nSPS) is 12.1. The average molecular weight is 395 g/mol. The number of aryl methyl sites for hydroxylation is 1. The van der Waals surface area contributed by atoms with Crippen molar-refractivity contribution in [1.82, 2.24) is 5.32 Å². The van der Waals surface area contributed by atoms with Gasteiger partial charge in [-0.15, -0.1) is 0 Å². The molecular formula is C18H22INO. The second kappa shape index (κ2) is 8.39. The lowest BCUT2D eigenvalue weighted by Crippen LogP contribution is -2.20. The molecule has 0 aliphatic rings. The number of benzene rings is 2. The summed E-state index contributed by atoms with van der Waals surface area (Å²) in [6, 6.07) is 17.2. The predicted octanol–water partition coefficient (Wildman–Crippen LogP) is 4.58. The van der Waals surface area contributed by atoms with Crippen LogP contribution in [0.1, 0.15) is 30.5 Å².